The Morgan fingerprint density at radius 3 is 2.41 bits per heavy atom. The van der Waals surface area contributed by atoms with E-state index >= 15 is 4.39 Å². The average molecular weight is 562 g/mol. The Morgan fingerprint density at radius 1 is 1.00 bits per heavy atom. The first-order chi connectivity index (χ1) is 19.8. The number of ether oxygens (including phenoxy) is 1. The minimum Gasteiger partial charge on any atom is -0.381 e. The zero-order valence-electron chi connectivity index (χ0n) is 24.1. The summed E-state index contributed by atoms with van der Waals surface area (Å²) >= 11 is 0. The van der Waals surface area contributed by atoms with E-state index in [9.17, 15) is 4.39 Å². The molecule has 6 rings (SSSR count). The smallest absolute Gasteiger partial charge is 0.229 e. The molecule has 1 aromatic carbocycles. The van der Waals surface area contributed by atoms with Crippen LogP contribution in [0.4, 0.5) is 20.5 Å². The molecule has 1 N–H and O–H groups in total. The molecule has 0 radical (unpaired) electrons. The number of benzene rings is 1. The number of nitrogens with zero attached hydrogens (tertiary/aromatic N) is 6. The van der Waals surface area contributed by atoms with Gasteiger partial charge in [0.1, 0.15) is 22.9 Å². The zero-order chi connectivity index (χ0) is 28.7. The van der Waals surface area contributed by atoms with Gasteiger partial charge < -0.3 is 19.5 Å². The predicted molar refractivity (Wildman–Crippen MR) is 155 cm³/mol. The number of anilines is 2. The fourth-order valence-electron chi connectivity index (χ4n) is 6.50. The number of hydrogen-bond donors (Lipinski definition) is 1. The molecule has 10 heteroatoms. The van der Waals surface area contributed by atoms with E-state index in [2.05, 4.69) is 43.1 Å². The number of pyridine rings is 1. The molecule has 4 aromatic rings. The number of aromatic nitrogens is 5. The quantitative estimate of drug-likeness (QED) is 0.272. The van der Waals surface area contributed by atoms with E-state index in [-0.39, 0.29) is 23.2 Å². The summed E-state index contributed by atoms with van der Waals surface area (Å²) in [6.45, 7) is 13.0. The van der Waals surface area contributed by atoms with Crippen LogP contribution in [0.2, 0.25) is 0 Å². The van der Waals surface area contributed by atoms with E-state index in [4.69, 9.17) is 4.74 Å². The third-order valence-corrected chi connectivity index (χ3v) is 8.63. The van der Waals surface area contributed by atoms with Crippen LogP contribution < -0.4 is 5.32 Å². The van der Waals surface area contributed by atoms with Gasteiger partial charge in [-0.25, -0.2) is 28.7 Å². The van der Waals surface area contributed by atoms with Gasteiger partial charge in [0.15, 0.2) is 11.6 Å². The monoisotopic (exact) mass is 561 g/mol. The van der Waals surface area contributed by atoms with Gasteiger partial charge in [0.25, 0.3) is 0 Å². The first-order valence-electron chi connectivity index (χ1n) is 14.6. The summed E-state index contributed by atoms with van der Waals surface area (Å²) in [6, 6.07) is 7.11. The normalized spacial score (nSPS) is 17.7. The van der Waals surface area contributed by atoms with Gasteiger partial charge in [0.2, 0.25) is 5.95 Å². The summed E-state index contributed by atoms with van der Waals surface area (Å²) in [5.74, 6) is 1.85. The number of aryl methyl sites for hydroxylation is 1. The second-order valence-electron chi connectivity index (χ2n) is 11.5. The lowest BCUT2D eigenvalue weighted by atomic mass is 9.72. The van der Waals surface area contributed by atoms with Gasteiger partial charge in [-0.2, -0.15) is 0 Å². The Kier molecular flexibility index (Phi) is 7.70. The van der Waals surface area contributed by atoms with Crippen LogP contribution in [0.1, 0.15) is 57.0 Å². The van der Waals surface area contributed by atoms with E-state index in [1.807, 2.05) is 37.6 Å². The highest BCUT2D eigenvalue weighted by Gasteiger charge is 2.37. The van der Waals surface area contributed by atoms with Gasteiger partial charge in [0.05, 0.1) is 24.9 Å². The summed E-state index contributed by atoms with van der Waals surface area (Å²) < 4.78 is 37.5. The number of imidazole rings is 1. The summed E-state index contributed by atoms with van der Waals surface area (Å²) in [5.41, 5.74) is 2.42. The molecule has 0 saturated carbocycles. The lowest BCUT2D eigenvalue weighted by Crippen LogP contribution is -2.41. The van der Waals surface area contributed by atoms with Crippen LogP contribution >= 0.6 is 0 Å². The standard InChI is InChI=1S/C31H37F2N7O/c1-5-39-10-8-20(9-11-39)28(23-16-41-17-23)21-6-7-27(34-14-21)37-31-35-15-25(33)29(38-31)22-12-24(32)30-26(13-22)40(18(2)3)19(4)36-30/h6-7,12-15,18,20,23,28H,5,8-11,16-17H2,1-4H3,(H,34,35,37,38)/t28-/m1/s1. The van der Waals surface area contributed by atoms with Crippen LogP contribution in [-0.4, -0.2) is 62.3 Å². The van der Waals surface area contributed by atoms with Gasteiger partial charge in [-0.05, 0) is 88.8 Å². The number of piperidine rings is 1. The highest BCUT2D eigenvalue weighted by molar-refractivity contribution is 5.83. The van der Waals surface area contributed by atoms with Crippen LogP contribution in [-0.2, 0) is 4.74 Å². The van der Waals surface area contributed by atoms with Crippen molar-refractivity contribution < 1.29 is 13.5 Å². The van der Waals surface area contributed by atoms with E-state index < -0.39 is 11.6 Å². The van der Waals surface area contributed by atoms with E-state index in [0.29, 0.717) is 40.5 Å². The summed E-state index contributed by atoms with van der Waals surface area (Å²) in [5, 5.41) is 3.10. The largest absolute Gasteiger partial charge is 0.381 e. The van der Waals surface area contributed by atoms with Crippen molar-refractivity contribution in [3.63, 3.8) is 0 Å². The SMILES string of the molecule is CCN1CCC([C@H](c2ccc(Nc3ncc(F)c(-c4cc(F)c5nc(C)n(C(C)C)c5c4)n3)nc2)C2COC2)CC1. The fourth-order valence-corrected chi connectivity index (χ4v) is 6.50. The summed E-state index contributed by atoms with van der Waals surface area (Å²) in [4.78, 5) is 20.1. The molecule has 216 valence electrons. The predicted octanol–water partition coefficient (Wildman–Crippen LogP) is 6.26. The van der Waals surface area contributed by atoms with Crippen molar-refractivity contribution in [3.8, 4) is 11.3 Å². The van der Waals surface area contributed by atoms with Gasteiger partial charge in [-0.15, -0.1) is 0 Å². The van der Waals surface area contributed by atoms with Crippen molar-refractivity contribution in [2.75, 3.05) is 38.2 Å². The van der Waals surface area contributed by atoms with Crippen LogP contribution in [0.25, 0.3) is 22.3 Å². The van der Waals surface area contributed by atoms with Crippen molar-refractivity contribution in [2.24, 2.45) is 11.8 Å². The average Bonchev–Trinajstić information content (AvgIpc) is 3.29. The van der Waals surface area contributed by atoms with Crippen molar-refractivity contribution >= 4 is 22.8 Å². The minimum absolute atomic E-state index is 0.0116. The molecule has 3 aromatic heterocycles. The third-order valence-electron chi connectivity index (χ3n) is 8.63. The van der Waals surface area contributed by atoms with Gasteiger partial charge in [0, 0.05) is 23.7 Å². The van der Waals surface area contributed by atoms with Crippen LogP contribution in [0.15, 0.2) is 36.7 Å². The highest BCUT2D eigenvalue weighted by Crippen LogP contribution is 2.41. The molecule has 0 bridgehead atoms. The Labute approximate surface area is 239 Å². The molecule has 41 heavy (non-hydrogen) atoms. The summed E-state index contributed by atoms with van der Waals surface area (Å²) in [6.07, 6.45) is 5.40. The molecule has 1 atom stereocenters. The van der Waals surface area contributed by atoms with Gasteiger partial charge in [-0.1, -0.05) is 13.0 Å². The van der Waals surface area contributed by atoms with E-state index in [0.717, 1.165) is 39.0 Å². The fraction of sp³-hybridized carbons (Fsp3) is 0.484. The van der Waals surface area contributed by atoms with Gasteiger partial charge >= 0.3 is 0 Å². The lowest BCUT2D eigenvalue weighted by molar-refractivity contribution is -0.0587. The Hall–Kier alpha value is -3.50. The molecule has 0 aliphatic carbocycles. The maximum absolute atomic E-state index is 15.1. The molecule has 0 spiro atoms. The number of fused-ring (bicyclic) bond motifs is 1. The van der Waals surface area contributed by atoms with Crippen molar-refractivity contribution in [1.29, 1.82) is 0 Å². The van der Waals surface area contributed by atoms with Gasteiger partial charge in [-0.3, -0.25) is 0 Å². The molecule has 2 saturated heterocycles. The third kappa shape index (κ3) is 5.42. The summed E-state index contributed by atoms with van der Waals surface area (Å²) in [7, 11) is 0. The zero-order valence-corrected chi connectivity index (χ0v) is 24.1. The molecule has 8 nitrogen and oxygen atoms in total. The maximum atomic E-state index is 15.1. The minimum atomic E-state index is -0.635. The number of halogens is 2. The molecule has 2 aliphatic rings. The molecule has 5 heterocycles. The molecular weight excluding hydrogens is 524 g/mol. The molecule has 0 unspecified atom stereocenters. The Balaban J connectivity index is 1.24. The number of nitrogens with one attached hydrogen (secondary N) is 1. The molecule has 2 fully saturated rings. The Morgan fingerprint density at radius 2 is 1.78 bits per heavy atom. The van der Waals surface area contributed by atoms with E-state index in [1.54, 1.807) is 6.07 Å². The van der Waals surface area contributed by atoms with Crippen LogP contribution in [0.5, 0.6) is 0 Å². The van der Waals surface area contributed by atoms with Crippen LogP contribution in [0.3, 0.4) is 0 Å². The lowest BCUT2D eigenvalue weighted by Gasteiger charge is -2.42. The number of rotatable bonds is 8. The molecular formula is C31H37F2N7O. The van der Waals surface area contributed by atoms with Crippen molar-refractivity contribution in [3.05, 3.63) is 59.7 Å². The van der Waals surface area contributed by atoms with Crippen molar-refractivity contribution in [1.82, 2.24) is 29.4 Å². The second-order valence-corrected chi connectivity index (χ2v) is 11.5. The first kappa shape index (κ1) is 27.7. The number of hydrogen-bond acceptors (Lipinski definition) is 7. The van der Waals surface area contributed by atoms with Crippen LogP contribution in [0, 0.1) is 30.4 Å². The molecule has 0 amide bonds. The van der Waals surface area contributed by atoms with Crippen molar-refractivity contribution in [2.45, 2.75) is 52.5 Å². The first-order valence-corrected chi connectivity index (χ1v) is 14.6. The van der Waals surface area contributed by atoms with E-state index in [1.165, 1.54) is 24.5 Å². The maximum Gasteiger partial charge on any atom is 0.229 e. The second kappa shape index (κ2) is 11.4. The molecule has 2 aliphatic heterocycles. The number of likely N-dealkylation sites (tertiary alicyclic amines) is 1. The highest BCUT2D eigenvalue weighted by atomic mass is 19.1. The topological polar surface area (TPSA) is 81.0 Å². The Bertz CT molecular complexity index is 1530.